The van der Waals surface area contributed by atoms with Crippen LogP contribution in [0, 0.1) is 0 Å². The van der Waals surface area contributed by atoms with Gasteiger partial charge in [0.15, 0.2) is 0 Å². The monoisotopic (exact) mass is 369 g/mol. The third kappa shape index (κ3) is 3.60. The molecular weight excluding hydrogens is 346 g/mol. The van der Waals surface area contributed by atoms with Crippen LogP contribution in [0.25, 0.3) is 4.91 Å². The smallest absolute Gasteiger partial charge is 0.262 e. The minimum absolute atomic E-state index is 0.131. The lowest BCUT2D eigenvalue weighted by Crippen LogP contribution is -2.21. The first kappa shape index (κ1) is 17.6. The molecule has 1 N–H and O–H groups in total. The van der Waals surface area contributed by atoms with E-state index in [4.69, 9.17) is 0 Å². The Kier molecular flexibility index (Phi) is 4.67. The lowest BCUT2D eigenvalue weighted by molar-refractivity contribution is -0.112. The van der Waals surface area contributed by atoms with Crippen molar-refractivity contribution < 1.29 is 4.79 Å². The lowest BCUT2D eigenvalue weighted by atomic mass is 10.2. The van der Waals surface area contributed by atoms with Crippen molar-refractivity contribution in [3.63, 3.8) is 0 Å². The van der Waals surface area contributed by atoms with Crippen LogP contribution >= 0.6 is 18.4 Å². The van der Waals surface area contributed by atoms with Gasteiger partial charge in [0.2, 0.25) is 0 Å². The minimum Gasteiger partial charge on any atom is -0.322 e. The third-order valence-electron chi connectivity index (χ3n) is 4.21. The van der Waals surface area contributed by atoms with E-state index in [1.165, 1.54) is 0 Å². The van der Waals surface area contributed by atoms with Gasteiger partial charge >= 0.3 is 0 Å². The second kappa shape index (κ2) is 6.62. The van der Waals surface area contributed by atoms with Crippen molar-refractivity contribution in [2.75, 3.05) is 16.8 Å². The fourth-order valence-electron chi connectivity index (χ4n) is 2.90. The van der Waals surface area contributed by atoms with E-state index in [0.717, 1.165) is 27.7 Å². The van der Waals surface area contributed by atoms with Gasteiger partial charge in [-0.2, -0.15) is 18.4 Å². The van der Waals surface area contributed by atoms with Gasteiger partial charge in [-0.1, -0.05) is 72.0 Å². The number of hydrogen-bond donors (Lipinski definition) is 1. The number of para-hydroxylation sites is 1. The average Bonchev–Trinajstić information content (AvgIpc) is 2.58. The average molecular weight is 370 g/mol. The van der Waals surface area contributed by atoms with E-state index >= 15 is 0 Å². The quantitative estimate of drug-likeness (QED) is 0.801. The standard InChI is InChI=1S/C21H23NOS2/c1-24(2)15-16-25(3,4)20(19(24)17-11-7-5-8-12-17)21(23)22-18-13-9-6-10-14-18/h5-14H,1-4,15-16H2,(H,22,23). The first-order valence-corrected chi connectivity index (χ1v) is 12.2. The maximum Gasteiger partial charge on any atom is 0.262 e. The highest BCUT2D eigenvalue weighted by Crippen LogP contribution is 2.53. The lowest BCUT2D eigenvalue weighted by Gasteiger charge is -2.33. The summed E-state index contributed by atoms with van der Waals surface area (Å²) < 4.78 is 0. The number of benzene rings is 2. The van der Waals surface area contributed by atoms with Gasteiger partial charge in [-0.3, -0.25) is 4.79 Å². The maximum atomic E-state index is 13.2. The fourth-order valence-corrected chi connectivity index (χ4v) is 8.99. The Labute approximate surface area is 151 Å². The van der Waals surface area contributed by atoms with Gasteiger partial charge in [0.05, 0.1) is 4.91 Å². The predicted octanol–water partition coefficient (Wildman–Crippen LogP) is 4.34. The molecule has 3 rings (SSSR count). The Morgan fingerprint density at radius 3 is 1.92 bits per heavy atom. The van der Waals surface area contributed by atoms with Gasteiger partial charge in [-0.05, 0) is 29.2 Å². The number of amides is 1. The molecule has 0 radical (unpaired) electrons. The minimum atomic E-state index is -1.70. The van der Waals surface area contributed by atoms with E-state index in [-0.39, 0.29) is 5.91 Å². The number of nitrogens with one attached hydrogen (secondary N) is 1. The van der Waals surface area contributed by atoms with Crippen molar-refractivity contribution in [3.05, 3.63) is 71.1 Å². The van der Waals surface area contributed by atoms with Crippen LogP contribution in [0.5, 0.6) is 0 Å². The van der Waals surface area contributed by atoms with Gasteiger partial charge < -0.3 is 5.32 Å². The molecule has 1 aliphatic rings. The second-order valence-electron chi connectivity index (χ2n) is 6.34. The highest BCUT2D eigenvalue weighted by molar-refractivity contribution is 8.40. The molecule has 1 amide bonds. The second-order valence-corrected chi connectivity index (χ2v) is 12.2. The molecule has 0 aromatic heterocycles. The molecule has 0 bridgehead atoms. The molecule has 2 nitrogen and oxygen atoms in total. The Morgan fingerprint density at radius 2 is 1.32 bits per heavy atom. The Hall–Kier alpha value is -2.17. The molecule has 25 heavy (non-hydrogen) atoms. The first-order valence-electron chi connectivity index (χ1n) is 7.92. The topological polar surface area (TPSA) is 29.1 Å². The van der Waals surface area contributed by atoms with E-state index < -0.39 is 18.4 Å². The van der Waals surface area contributed by atoms with E-state index in [0.29, 0.717) is 4.91 Å². The molecule has 0 atom stereocenters. The molecular formula is C21H23NOS2. The molecule has 0 spiro atoms. The van der Waals surface area contributed by atoms with Crippen molar-refractivity contribution in [1.82, 2.24) is 0 Å². The predicted molar refractivity (Wildman–Crippen MR) is 122 cm³/mol. The number of carbonyl (C=O) groups excluding carboxylic acids is 1. The molecule has 130 valence electrons. The first-order chi connectivity index (χ1) is 11.8. The summed E-state index contributed by atoms with van der Waals surface area (Å²) in [6.07, 6.45) is 0. The van der Waals surface area contributed by atoms with Crippen LogP contribution in [0.2, 0.25) is 0 Å². The van der Waals surface area contributed by atoms with Gasteiger partial charge in [-0.25, -0.2) is 0 Å². The Morgan fingerprint density at radius 1 is 0.800 bits per heavy atom. The van der Waals surface area contributed by atoms with Gasteiger partial charge in [0.25, 0.3) is 5.91 Å². The van der Waals surface area contributed by atoms with Crippen molar-refractivity contribution in [3.8, 4) is 0 Å². The normalized spacial score (nSPS) is 18.6. The zero-order valence-electron chi connectivity index (χ0n) is 14.2. The van der Waals surface area contributed by atoms with Crippen LogP contribution in [0.1, 0.15) is 5.56 Å². The third-order valence-corrected chi connectivity index (χ3v) is 9.13. The summed E-state index contributed by atoms with van der Waals surface area (Å²) in [6, 6.07) is 19.4. The maximum absolute atomic E-state index is 13.2. The highest BCUT2D eigenvalue weighted by atomic mass is 32.2. The van der Waals surface area contributed by atoms with Gasteiger partial charge in [0.1, 0.15) is 0 Å². The van der Waals surface area contributed by atoms with Crippen molar-refractivity contribution in [2.24, 2.45) is 0 Å². The highest BCUT2D eigenvalue weighted by Gasteiger charge is 2.28. The number of carbonyl (C=O) groups is 1. The number of anilines is 1. The molecule has 0 fully saturated rings. The summed E-state index contributed by atoms with van der Waals surface area (Å²) in [4.78, 5) is 14.8. The summed E-state index contributed by atoms with van der Waals surface area (Å²) >= 11 is 0. The summed E-state index contributed by atoms with van der Waals surface area (Å²) in [5.74, 6) is 18.9. The van der Waals surface area contributed by atoms with Crippen LogP contribution in [-0.4, -0.2) is 40.9 Å². The molecule has 0 saturated carbocycles. The molecule has 0 saturated heterocycles. The molecule has 4 heteroatoms. The Balaban J connectivity index is 2.21. The summed E-state index contributed by atoms with van der Waals surface area (Å²) in [6.45, 7) is 0. The van der Waals surface area contributed by atoms with Crippen LogP contribution < -0.4 is 5.32 Å². The van der Waals surface area contributed by atoms with Gasteiger partial charge in [-0.15, -0.1) is 0 Å². The number of rotatable bonds is 3. The van der Waals surface area contributed by atoms with Gasteiger partial charge in [0, 0.05) is 10.6 Å². The van der Waals surface area contributed by atoms with Crippen molar-refractivity contribution >= 4 is 58.4 Å². The molecule has 2 aromatic rings. The fraction of sp³-hybridized carbons (Fsp3) is 0.0952. The Bertz CT molecular complexity index is 1030. The van der Waals surface area contributed by atoms with Crippen molar-refractivity contribution in [2.45, 2.75) is 0 Å². The van der Waals surface area contributed by atoms with E-state index in [1.54, 1.807) is 0 Å². The zero-order chi connectivity index (χ0) is 18.1. The molecule has 1 heterocycles. The SMILES string of the molecule is C=S1(=C)CCS(=C)(=C)C(c2ccccc2)=C1C(=O)Nc1ccccc1. The van der Waals surface area contributed by atoms with Crippen LogP contribution in [0.4, 0.5) is 5.69 Å². The van der Waals surface area contributed by atoms with Crippen molar-refractivity contribution in [1.29, 1.82) is 0 Å². The number of hydrogen-bond acceptors (Lipinski definition) is 1. The summed E-state index contributed by atoms with van der Waals surface area (Å²) in [5, 5.41) is 3.01. The van der Waals surface area contributed by atoms with Crippen LogP contribution in [0.3, 0.4) is 0 Å². The van der Waals surface area contributed by atoms with Crippen LogP contribution in [0.15, 0.2) is 65.6 Å². The molecule has 1 aliphatic heterocycles. The summed E-state index contributed by atoms with van der Waals surface area (Å²) in [7, 11) is -3.28. The van der Waals surface area contributed by atoms with E-state index in [9.17, 15) is 4.79 Å². The van der Waals surface area contributed by atoms with E-state index in [1.807, 2.05) is 60.7 Å². The molecule has 2 aromatic carbocycles. The zero-order valence-corrected chi connectivity index (χ0v) is 15.9. The van der Waals surface area contributed by atoms with Crippen LogP contribution in [-0.2, 0) is 4.79 Å². The largest absolute Gasteiger partial charge is 0.322 e. The van der Waals surface area contributed by atoms with E-state index in [2.05, 4.69) is 28.8 Å². The molecule has 0 aliphatic carbocycles. The molecule has 0 unspecified atom stereocenters. The summed E-state index contributed by atoms with van der Waals surface area (Å²) in [5.41, 5.74) is 1.77.